The molecule has 0 aromatic carbocycles. The predicted molar refractivity (Wildman–Crippen MR) is 68.0 cm³/mol. The quantitative estimate of drug-likeness (QED) is 0.186. The van der Waals surface area contributed by atoms with Crippen molar-refractivity contribution in [3.05, 3.63) is 0 Å². The fraction of sp³-hybridized carbons (Fsp3) is 0.923. The van der Waals surface area contributed by atoms with E-state index in [2.05, 4.69) is 13.8 Å². The summed E-state index contributed by atoms with van der Waals surface area (Å²) in [5.41, 5.74) is 0. The first-order valence-corrected chi connectivity index (χ1v) is 6.82. The number of carbonyl (C=O) groups is 1. The van der Waals surface area contributed by atoms with Crippen LogP contribution in [0.1, 0.15) is 59.3 Å². The van der Waals surface area contributed by atoms with Crippen molar-refractivity contribution in [1.82, 2.24) is 0 Å². The van der Waals surface area contributed by atoms with E-state index in [0.717, 1.165) is 38.5 Å². The Kier molecular flexibility index (Phi) is 12.1. The topological polar surface area (TPSA) is 54.0 Å². The fourth-order valence-electron chi connectivity index (χ4n) is 1.22. The maximum Gasteiger partial charge on any atom is 0.510 e. The van der Waals surface area contributed by atoms with E-state index >= 15 is 0 Å². The molecule has 0 bridgehead atoms. The van der Waals surface area contributed by atoms with Gasteiger partial charge in [0.1, 0.15) is 0 Å². The molecule has 5 heteroatoms. The molecule has 108 valence electrons. The van der Waals surface area contributed by atoms with E-state index in [1.807, 2.05) is 0 Å². The second-order valence-corrected chi connectivity index (χ2v) is 4.12. The third kappa shape index (κ3) is 11.7. The second kappa shape index (κ2) is 12.6. The number of rotatable bonds is 11. The molecule has 1 unspecified atom stereocenters. The molecule has 0 aliphatic heterocycles. The second-order valence-electron chi connectivity index (χ2n) is 4.12. The maximum absolute atomic E-state index is 11.2. The van der Waals surface area contributed by atoms with Gasteiger partial charge in [0, 0.05) is 6.92 Å². The van der Waals surface area contributed by atoms with Gasteiger partial charge in [-0.1, -0.05) is 39.5 Å². The standard InChI is InChI=1S/C13H26O5/c1-4-6-8-9-10-15-13(14)17-12(3)18-16-11-7-5-2/h12H,4-11H2,1-3H3. The summed E-state index contributed by atoms with van der Waals surface area (Å²) in [6.07, 6.45) is 4.73. The highest BCUT2D eigenvalue weighted by Gasteiger charge is 2.11. The molecule has 0 saturated carbocycles. The van der Waals surface area contributed by atoms with Crippen molar-refractivity contribution in [1.29, 1.82) is 0 Å². The summed E-state index contributed by atoms with van der Waals surface area (Å²) in [6, 6.07) is 0. The lowest BCUT2D eigenvalue weighted by Crippen LogP contribution is -2.19. The van der Waals surface area contributed by atoms with Gasteiger partial charge >= 0.3 is 6.16 Å². The smallest absolute Gasteiger partial charge is 0.434 e. The number of carbonyl (C=O) groups excluding carboxylic acids is 1. The van der Waals surface area contributed by atoms with Crippen molar-refractivity contribution in [2.45, 2.75) is 65.6 Å². The molecule has 0 radical (unpaired) electrons. The van der Waals surface area contributed by atoms with E-state index in [1.165, 1.54) is 0 Å². The minimum absolute atomic E-state index is 0.391. The van der Waals surface area contributed by atoms with Crippen molar-refractivity contribution >= 4 is 6.16 Å². The van der Waals surface area contributed by atoms with Gasteiger partial charge in [-0.2, -0.15) is 4.89 Å². The van der Waals surface area contributed by atoms with Crippen LogP contribution in [0.3, 0.4) is 0 Å². The Morgan fingerprint density at radius 3 is 2.39 bits per heavy atom. The largest absolute Gasteiger partial charge is 0.510 e. The molecule has 5 nitrogen and oxygen atoms in total. The van der Waals surface area contributed by atoms with Crippen LogP contribution in [0.15, 0.2) is 0 Å². The molecule has 0 spiro atoms. The molecule has 0 aromatic rings. The van der Waals surface area contributed by atoms with Crippen molar-refractivity contribution < 1.29 is 24.0 Å². The van der Waals surface area contributed by atoms with Crippen molar-refractivity contribution in [3.63, 3.8) is 0 Å². The molecule has 0 aromatic heterocycles. The van der Waals surface area contributed by atoms with Crippen LogP contribution in [0.4, 0.5) is 4.79 Å². The Balaban J connectivity index is 3.37. The van der Waals surface area contributed by atoms with Crippen LogP contribution in [0.2, 0.25) is 0 Å². The molecule has 0 saturated heterocycles. The van der Waals surface area contributed by atoms with E-state index in [0.29, 0.717) is 13.2 Å². The Morgan fingerprint density at radius 2 is 1.72 bits per heavy atom. The van der Waals surface area contributed by atoms with Gasteiger partial charge in [0.15, 0.2) is 0 Å². The first kappa shape index (κ1) is 17.2. The first-order valence-electron chi connectivity index (χ1n) is 6.82. The zero-order valence-corrected chi connectivity index (χ0v) is 11.8. The highest BCUT2D eigenvalue weighted by atomic mass is 17.2. The van der Waals surface area contributed by atoms with Gasteiger partial charge in [0.2, 0.25) is 6.29 Å². The minimum Gasteiger partial charge on any atom is -0.434 e. The number of hydrogen-bond donors (Lipinski definition) is 0. The van der Waals surface area contributed by atoms with Crippen LogP contribution < -0.4 is 0 Å². The summed E-state index contributed by atoms with van der Waals surface area (Å²) in [5, 5.41) is 0. The minimum atomic E-state index is -0.745. The molecule has 0 heterocycles. The van der Waals surface area contributed by atoms with E-state index in [4.69, 9.17) is 19.2 Å². The van der Waals surface area contributed by atoms with Gasteiger partial charge in [-0.25, -0.2) is 9.68 Å². The molecule has 18 heavy (non-hydrogen) atoms. The Labute approximate surface area is 110 Å². The number of unbranched alkanes of at least 4 members (excludes halogenated alkanes) is 4. The van der Waals surface area contributed by atoms with Gasteiger partial charge in [0.05, 0.1) is 13.2 Å². The van der Waals surface area contributed by atoms with Gasteiger partial charge in [-0.3, -0.25) is 0 Å². The third-order valence-electron chi connectivity index (χ3n) is 2.26. The number of ether oxygens (including phenoxy) is 2. The van der Waals surface area contributed by atoms with Crippen LogP contribution in [0.5, 0.6) is 0 Å². The predicted octanol–water partition coefficient (Wildman–Crippen LogP) is 3.81. The Bertz CT molecular complexity index is 196. The Hall–Kier alpha value is -0.810. The highest BCUT2D eigenvalue weighted by Crippen LogP contribution is 2.02. The zero-order chi connectivity index (χ0) is 13.6. The lowest BCUT2D eigenvalue weighted by atomic mass is 10.2. The van der Waals surface area contributed by atoms with Crippen LogP contribution >= 0.6 is 0 Å². The average molecular weight is 262 g/mol. The van der Waals surface area contributed by atoms with Crippen LogP contribution in [-0.4, -0.2) is 25.7 Å². The summed E-state index contributed by atoms with van der Waals surface area (Å²) in [5.74, 6) is 0. The Morgan fingerprint density at radius 1 is 1.00 bits per heavy atom. The normalized spacial score (nSPS) is 12.2. The van der Waals surface area contributed by atoms with Crippen LogP contribution in [0.25, 0.3) is 0 Å². The summed E-state index contributed by atoms with van der Waals surface area (Å²) in [6.45, 7) is 6.66. The van der Waals surface area contributed by atoms with Gasteiger partial charge in [-0.05, 0) is 12.8 Å². The molecule has 0 N–H and O–H groups in total. The lowest BCUT2D eigenvalue weighted by Gasteiger charge is -2.12. The summed E-state index contributed by atoms with van der Waals surface area (Å²) >= 11 is 0. The van der Waals surface area contributed by atoms with Crippen LogP contribution in [0, 0.1) is 0 Å². The zero-order valence-electron chi connectivity index (χ0n) is 11.8. The van der Waals surface area contributed by atoms with E-state index in [-0.39, 0.29) is 0 Å². The molecular formula is C13H26O5. The lowest BCUT2D eigenvalue weighted by molar-refractivity contribution is -0.364. The SMILES string of the molecule is CCCCCCOC(=O)OC(C)OOCCCC. The molecule has 0 amide bonds. The molecule has 1 atom stereocenters. The van der Waals surface area contributed by atoms with Gasteiger partial charge in [0.25, 0.3) is 0 Å². The van der Waals surface area contributed by atoms with E-state index < -0.39 is 12.4 Å². The molecule has 0 fully saturated rings. The van der Waals surface area contributed by atoms with Crippen molar-refractivity contribution in [2.75, 3.05) is 13.2 Å². The van der Waals surface area contributed by atoms with Crippen LogP contribution in [-0.2, 0) is 19.2 Å². The third-order valence-corrected chi connectivity index (χ3v) is 2.26. The summed E-state index contributed by atoms with van der Waals surface area (Å²) in [4.78, 5) is 20.9. The maximum atomic E-state index is 11.2. The van der Waals surface area contributed by atoms with E-state index in [9.17, 15) is 4.79 Å². The summed E-state index contributed by atoms with van der Waals surface area (Å²) in [7, 11) is 0. The van der Waals surface area contributed by atoms with Crippen molar-refractivity contribution in [3.8, 4) is 0 Å². The molecular weight excluding hydrogens is 236 g/mol. The summed E-state index contributed by atoms with van der Waals surface area (Å²) < 4.78 is 9.72. The first-order chi connectivity index (χ1) is 8.70. The fourth-order valence-corrected chi connectivity index (χ4v) is 1.22. The molecule has 0 aliphatic carbocycles. The highest BCUT2D eigenvalue weighted by molar-refractivity contribution is 5.59. The molecule has 0 rings (SSSR count). The van der Waals surface area contributed by atoms with E-state index in [1.54, 1.807) is 6.92 Å². The van der Waals surface area contributed by atoms with Gasteiger partial charge < -0.3 is 9.47 Å². The van der Waals surface area contributed by atoms with Crippen molar-refractivity contribution in [2.24, 2.45) is 0 Å². The number of hydrogen-bond acceptors (Lipinski definition) is 5. The average Bonchev–Trinajstić information content (AvgIpc) is 2.34. The van der Waals surface area contributed by atoms with Gasteiger partial charge in [-0.15, -0.1) is 0 Å². The monoisotopic (exact) mass is 262 g/mol. The molecule has 0 aliphatic rings.